The Morgan fingerprint density at radius 3 is 2.58 bits per heavy atom. The van der Waals surface area contributed by atoms with Gasteiger partial charge in [0.15, 0.2) is 5.13 Å². The monoisotopic (exact) mass is 395 g/mol. The topological polar surface area (TPSA) is 105 Å². The van der Waals surface area contributed by atoms with Crippen LogP contribution in [0, 0.1) is 0 Å². The zero-order valence-electron chi connectivity index (χ0n) is 14.8. The number of nitrogens with one attached hydrogen (secondary N) is 1. The van der Waals surface area contributed by atoms with E-state index in [-0.39, 0.29) is 18.4 Å². The van der Waals surface area contributed by atoms with Crippen molar-refractivity contribution in [3.05, 3.63) is 41.4 Å². The molecule has 142 valence electrons. The second-order valence-electron chi connectivity index (χ2n) is 6.08. The van der Waals surface area contributed by atoms with Gasteiger partial charge in [-0.05, 0) is 30.5 Å². The van der Waals surface area contributed by atoms with Crippen LogP contribution < -0.4 is 11.1 Å². The summed E-state index contributed by atoms with van der Waals surface area (Å²) < 4.78 is 11.6. The molecule has 0 radical (unpaired) electrons. The third kappa shape index (κ3) is 6.28. The molecule has 3 atom stereocenters. The Labute approximate surface area is 160 Å². The van der Waals surface area contributed by atoms with Crippen LogP contribution in [-0.4, -0.2) is 39.1 Å². The number of carbonyl (C=O) groups is 1. The van der Waals surface area contributed by atoms with Gasteiger partial charge < -0.3 is 16.2 Å². The van der Waals surface area contributed by atoms with Gasteiger partial charge in [-0.3, -0.25) is 9.00 Å². The van der Waals surface area contributed by atoms with Crippen LogP contribution in [0.4, 0.5) is 5.13 Å². The molecule has 1 amide bonds. The number of aliphatic hydroxyl groups is 1. The van der Waals surface area contributed by atoms with E-state index in [0.29, 0.717) is 18.0 Å². The van der Waals surface area contributed by atoms with Crippen molar-refractivity contribution in [2.45, 2.75) is 42.6 Å². The number of hydrogen-bond donors (Lipinski definition) is 3. The molecule has 0 aliphatic carbocycles. The summed E-state index contributed by atoms with van der Waals surface area (Å²) in [4.78, 5) is 17.6. The first-order valence-corrected chi connectivity index (χ1v) is 11.0. The van der Waals surface area contributed by atoms with E-state index in [4.69, 9.17) is 5.73 Å². The molecule has 0 fully saturated rings. The molecule has 2 rings (SSSR count). The molecule has 26 heavy (non-hydrogen) atoms. The summed E-state index contributed by atoms with van der Waals surface area (Å²) in [5, 5.41) is 14.8. The molecule has 2 aromatic rings. The summed E-state index contributed by atoms with van der Waals surface area (Å²) in [6.45, 7) is 0.254. The molecule has 0 saturated carbocycles. The summed E-state index contributed by atoms with van der Waals surface area (Å²) in [5.41, 5.74) is 6.30. The Morgan fingerprint density at radius 2 is 2.00 bits per heavy atom. The van der Waals surface area contributed by atoms with Crippen LogP contribution in [0.15, 0.2) is 40.7 Å². The highest BCUT2D eigenvalue weighted by Gasteiger charge is 2.21. The molecule has 0 spiro atoms. The first-order valence-electron chi connectivity index (χ1n) is 8.53. The molecular weight excluding hydrogens is 370 g/mol. The second kappa shape index (κ2) is 10.5. The summed E-state index contributed by atoms with van der Waals surface area (Å²) in [6.07, 6.45) is 5.68. The van der Waals surface area contributed by atoms with Gasteiger partial charge >= 0.3 is 0 Å². The zero-order valence-corrected chi connectivity index (χ0v) is 16.4. The van der Waals surface area contributed by atoms with E-state index < -0.39 is 16.9 Å². The predicted molar refractivity (Wildman–Crippen MR) is 106 cm³/mol. The molecule has 1 heterocycles. The molecular formula is C18H25N3O3S2. The Hall–Kier alpha value is -1.61. The fourth-order valence-electron chi connectivity index (χ4n) is 2.66. The minimum Gasteiger partial charge on any atom is -0.392 e. The molecule has 0 bridgehead atoms. The fourth-order valence-corrected chi connectivity index (χ4v) is 3.72. The van der Waals surface area contributed by atoms with E-state index in [1.165, 1.54) is 11.3 Å². The Bertz CT molecular complexity index is 705. The lowest BCUT2D eigenvalue weighted by Crippen LogP contribution is -2.22. The summed E-state index contributed by atoms with van der Waals surface area (Å²) >= 11 is 1.38. The Kier molecular flexibility index (Phi) is 8.37. The number of thiazole rings is 1. The zero-order chi connectivity index (χ0) is 18.9. The van der Waals surface area contributed by atoms with Crippen molar-refractivity contribution in [2.24, 2.45) is 5.73 Å². The Balaban J connectivity index is 2.06. The number of aliphatic hydroxyl groups excluding tert-OH is 1. The molecule has 8 heteroatoms. The number of rotatable bonds is 10. The van der Waals surface area contributed by atoms with Crippen molar-refractivity contribution in [1.82, 2.24) is 4.98 Å². The third-order valence-electron chi connectivity index (χ3n) is 4.15. The molecule has 0 saturated heterocycles. The van der Waals surface area contributed by atoms with E-state index in [1.54, 1.807) is 24.6 Å². The van der Waals surface area contributed by atoms with Gasteiger partial charge in [-0.25, -0.2) is 4.98 Å². The predicted octanol–water partition coefficient (Wildman–Crippen LogP) is 2.48. The van der Waals surface area contributed by atoms with Crippen LogP contribution in [0.1, 0.15) is 37.2 Å². The summed E-state index contributed by atoms with van der Waals surface area (Å²) in [6, 6.07) is 7.32. The summed E-state index contributed by atoms with van der Waals surface area (Å²) in [7, 11) is -1.05. The van der Waals surface area contributed by atoms with Crippen LogP contribution in [-0.2, 0) is 15.6 Å². The highest BCUT2D eigenvalue weighted by Crippen LogP contribution is 2.26. The van der Waals surface area contributed by atoms with Crippen molar-refractivity contribution in [3.63, 3.8) is 0 Å². The molecule has 6 nitrogen and oxygen atoms in total. The first kappa shape index (κ1) is 20.7. The molecule has 3 unspecified atom stereocenters. The lowest BCUT2D eigenvalue weighted by molar-refractivity contribution is -0.117. The number of nitrogens with zero attached hydrogens (tertiary/aromatic N) is 1. The van der Waals surface area contributed by atoms with Gasteiger partial charge in [-0.15, -0.1) is 11.3 Å². The highest BCUT2D eigenvalue weighted by molar-refractivity contribution is 7.84. The molecule has 0 aliphatic heterocycles. The van der Waals surface area contributed by atoms with Gasteiger partial charge in [0.25, 0.3) is 0 Å². The van der Waals surface area contributed by atoms with Crippen molar-refractivity contribution < 1.29 is 14.1 Å². The van der Waals surface area contributed by atoms with Gasteiger partial charge in [-0.1, -0.05) is 25.0 Å². The van der Waals surface area contributed by atoms with Crippen molar-refractivity contribution in [1.29, 1.82) is 0 Å². The van der Waals surface area contributed by atoms with Crippen LogP contribution in [0.2, 0.25) is 0 Å². The van der Waals surface area contributed by atoms with Gasteiger partial charge in [-0.2, -0.15) is 0 Å². The number of aromatic nitrogens is 1. The maximum Gasteiger partial charge on any atom is 0.233 e. The van der Waals surface area contributed by atoms with E-state index in [1.807, 2.05) is 17.5 Å². The maximum absolute atomic E-state index is 12.7. The van der Waals surface area contributed by atoms with Crippen molar-refractivity contribution in [3.8, 4) is 0 Å². The number of amides is 1. The van der Waals surface area contributed by atoms with Gasteiger partial charge in [0.2, 0.25) is 5.91 Å². The Morgan fingerprint density at radius 1 is 1.31 bits per heavy atom. The lowest BCUT2D eigenvalue weighted by atomic mass is 9.92. The third-order valence-corrected chi connectivity index (χ3v) is 5.77. The quantitative estimate of drug-likeness (QED) is 0.536. The van der Waals surface area contributed by atoms with Crippen LogP contribution in [0.5, 0.6) is 0 Å². The fraction of sp³-hybridized carbons (Fsp3) is 0.444. The van der Waals surface area contributed by atoms with E-state index in [0.717, 1.165) is 23.3 Å². The molecule has 1 aromatic carbocycles. The molecule has 1 aromatic heterocycles. The van der Waals surface area contributed by atoms with Crippen LogP contribution >= 0.6 is 11.3 Å². The maximum atomic E-state index is 12.7. The van der Waals surface area contributed by atoms with Crippen LogP contribution in [0.25, 0.3) is 0 Å². The number of hydrogen-bond acceptors (Lipinski definition) is 6. The lowest BCUT2D eigenvalue weighted by Gasteiger charge is -2.17. The molecule has 4 N–H and O–H groups in total. The number of carbonyl (C=O) groups excluding carboxylic acids is 1. The smallest absolute Gasteiger partial charge is 0.233 e. The van der Waals surface area contributed by atoms with E-state index in [2.05, 4.69) is 10.3 Å². The number of unbranched alkanes of at least 4 members (excludes halogenated alkanes) is 1. The minimum absolute atomic E-state index is 0.107. The minimum atomic E-state index is -1.05. The second-order valence-corrected chi connectivity index (χ2v) is 8.35. The van der Waals surface area contributed by atoms with Crippen molar-refractivity contribution >= 4 is 33.2 Å². The van der Waals surface area contributed by atoms with E-state index in [9.17, 15) is 14.1 Å². The SMILES string of the molecule is CS(=O)c1ccc(C(CCCCC(O)CN)C(=O)Nc2nccs2)cc1. The number of nitrogens with two attached hydrogens (primary N) is 1. The number of anilines is 1. The normalized spacial score (nSPS) is 14.6. The van der Waals surface area contributed by atoms with E-state index >= 15 is 0 Å². The average molecular weight is 396 g/mol. The average Bonchev–Trinajstić information content (AvgIpc) is 3.14. The number of benzene rings is 1. The first-order chi connectivity index (χ1) is 12.5. The highest BCUT2D eigenvalue weighted by atomic mass is 32.2. The van der Waals surface area contributed by atoms with Gasteiger partial charge in [0, 0.05) is 40.1 Å². The summed E-state index contributed by atoms with van der Waals surface area (Å²) in [5.74, 6) is -0.432. The van der Waals surface area contributed by atoms with Gasteiger partial charge in [0.05, 0.1) is 12.0 Å². The standard InChI is InChI=1S/C18H25N3O3S2/c1-26(24)15-8-6-13(7-9-15)16(5-3-2-4-14(22)12-19)17(23)21-18-20-10-11-25-18/h6-11,14,16,22H,2-5,12,19H2,1H3,(H,20,21,23). The molecule has 0 aliphatic rings. The van der Waals surface area contributed by atoms with Crippen LogP contribution in [0.3, 0.4) is 0 Å². The van der Waals surface area contributed by atoms with Gasteiger partial charge in [0.1, 0.15) is 0 Å². The largest absolute Gasteiger partial charge is 0.392 e. The van der Waals surface area contributed by atoms with Crippen molar-refractivity contribution in [2.75, 3.05) is 18.1 Å².